The zero-order valence-corrected chi connectivity index (χ0v) is 9.54. The average molecular weight is 220 g/mol. The van der Waals surface area contributed by atoms with E-state index in [1.54, 1.807) is 0 Å². The molecule has 0 bridgehead atoms. The average Bonchev–Trinajstić information content (AvgIpc) is 2.28. The number of likely N-dealkylation sites (N-methyl/N-ethyl adjacent to an activating group) is 1. The molecule has 1 aromatic rings. The van der Waals surface area contributed by atoms with Crippen LogP contribution in [-0.4, -0.2) is 25.6 Å². The SMILES string of the molecule is CNC(C)Cc1ccc2c(c1)NC(=O)CO2. The van der Waals surface area contributed by atoms with E-state index in [1.165, 1.54) is 5.56 Å². The van der Waals surface area contributed by atoms with Gasteiger partial charge in [-0.05, 0) is 38.1 Å². The molecule has 0 aromatic heterocycles. The van der Waals surface area contributed by atoms with Crippen LogP contribution in [0.5, 0.6) is 5.75 Å². The molecule has 0 radical (unpaired) electrons. The quantitative estimate of drug-likeness (QED) is 0.804. The molecule has 1 heterocycles. The van der Waals surface area contributed by atoms with Gasteiger partial charge in [0.1, 0.15) is 5.75 Å². The Morgan fingerprint density at radius 3 is 3.12 bits per heavy atom. The number of anilines is 1. The summed E-state index contributed by atoms with van der Waals surface area (Å²) in [6, 6.07) is 6.33. The van der Waals surface area contributed by atoms with Gasteiger partial charge in [-0.1, -0.05) is 6.07 Å². The molecular weight excluding hydrogens is 204 g/mol. The normalized spacial score (nSPS) is 16.0. The second kappa shape index (κ2) is 4.53. The van der Waals surface area contributed by atoms with E-state index in [1.807, 2.05) is 25.2 Å². The van der Waals surface area contributed by atoms with E-state index in [4.69, 9.17) is 4.74 Å². The summed E-state index contributed by atoms with van der Waals surface area (Å²) in [6.07, 6.45) is 0.930. The Balaban J connectivity index is 2.18. The maximum atomic E-state index is 11.2. The molecule has 1 unspecified atom stereocenters. The van der Waals surface area contributed by atoms with E-state index in [2.05, 4.69) is 17.6 Å². The third-order valence-corrected chi connectivity index (χ3v) is 2.71. The van der Waals surface area contributed by atoms with Crippen molar-refractivity contribution in [1.29, 1.82) is 0 Å². The predicted molar refractivity (Wildman–Crippen MR) is 62.8 cm³/mol. The maximum absolute atomic E-state index is 11.2. The van der Waals surface area contributed by atoms with E-state index in [0.717, 1.165) is 17.9 Å². The molecule has 0 saturated carbocycles. The Bertz CT molecular complexity index is 404. The van der Waals surface area contributed by atoms with Crippen molar-refractivity contribution < 1.29 is 9.53 Å². The van der Waals surface area contributed by atoms with Crippen molar-refractivity contribution in [3.63, 3.8) is 0 Å². The fourth-order valence-corrected chi connectivity index (χ4v) is 1.71. The van der Waals surface area contributed by atoms with E-state index in [9.17, 15) is 4.79 Å². The second-order valence-corrected chi connectivity index (χ2v) is 4.06. The van der Waals surface area contributed by atoms with Gasteiger partial charge in [0.05, 0.1) is 5.69 Å². The number of fused-ring (bicyclic) bond motifs is 1. The number of benzene rings is 1. The van der Waals surface area contributed by atoms with Crippen LogP contribution in [-0.2, 0) is 11.2 Å². The van der Waals surface area contributed by atoms with Crippen molar-refractivity contribution in [2.75, 3.05) is 19.0 Å². The highest BCUT2D eigenvalue weighted by atomic mass is 16.5. The van der Waals surface area contributed by atoms with Crippen LogP contribution >= 0.6 is 0 Å². The molecule has 1 atom stereocenters. The van der Waals surface area contributed by atoms with Crippen LogP contribution in [0, 0.1) is 0 Å². The molecule has 0 spiro atoms. The molecule has 1 aromatic carbocycles. The fourth-order valence-electron chi connectivity index (χ4n) is 1.71. The van der Waals surface area contributed by atoms with Gasteiger partial charge >= 0.3 is 0 Å². The molecule has 4 nitrogen and oxygen atoms in total. The van der Waals surface area contributed by atoms with Gasteiger partial charge in [-0.15, -0.1) is 0 Å². The first-order valence-electron chi connectivity index (χ1n) is 5.42. The van der Waals surface area contributed by atoms with Crippen molar-refractivity contribution in [2.45, 2.75) is 19.4 Å². The third-order valence-electron chi connectivity index (χ3n) is 2.71. The summed E-state index contributed by atoms with van der Waals surface area (Å²) >= 11 is 0. The fraction of sp³-hybridized carbons (Fsp3) is 0.417. The number of ether oxygens (including phenoxy) is 1. The van der Waals surface area contributed by atoms with Crippen LogP contribution in [0.4, 0.5) is 5.69 Å². The van der Waals surface area contributed by atoms with Gasteiger partial charge < -0.3 is 15.4 Å². The Morgan fingerprint density at radius 1 is 1.56 bits per heavy atom. The van der Waals surface area contributed by atoms with E-state index in [0.29, 0.717) is 6.04 Å². The first-order chi connectivity index (χ1) is 7.69. The van der Waals surface area contributed by atoms with Gasteiger partial charge in [0, 0.05) is 6.04 Å². The third kappa shape index (κ3) is 2.33. The largest absolute Gasteiger partial charge is 0.482 e. The summed E-state index contributed by atoms with van der Waals surface area (Å²) in [6.45, 7) is 2.23. The molecule has 0 aliphatic carbocycles. The summed E-state index contributed by atoms with van der Waals surface area (Å²) in [4.78, 5) is 11.2. The van der Waals surface area contributed by atoms with Crippen LogP contribution in [0.3, 0.4) is 0 Å². The van der Waals surface area contributed by atoms with Gasteiger partial charge in [0.2, 0.25) is 0 Å². The number of hydrogen-bond donors (Lipinski definition) is 2. The lowest BCUT2D eigenvalue weighted by atomic mass is 10.1. The van der Waals surface area contributed by atoms with E-state index >= 15 is 0 Å². The molecule has 4 heteroatoms. The molecule has 1 amide bonds. The highest BCUT2D eigenvalue weighted by Gasteiger charge is 2.16. The molecule has 1 aliphatic heterocycles. The highest BCUT2D eigenvalue weighted by Crippen LogP contribution is 2.28. The van der Waals surface area contributed by atoms with E-state index in [-0.39, 0.29) is 12.5 Å². The monoisotopic (exact) mass is 220 g/mol. The second-order valence-electron chi connectivity index (χ2n) is 4.06. The molecule has 2 N–H and O–H groups in total. The molecule has 16 heavy (non-hydrogen) atoms. The maximum Gasteiger partial charge on any atom is 0.262 e. The smallest absolute Gasteiger partial charge is 0.262 e. The minimum absolute atomic E-state index is 0.0914. The number of nitrogens with one attached hydrogen (secondary N) is 2. The topological polar surface area (TPSA) is 50.4 Å². The Kier molecular flexibility index (Phi) is 3.10. The van der Waals surface area contributed by atoms with Crippen LogP contribution < -0.4 is 15.4 Å². The minimum atomic E-state index is -0.0914. The van der Waals surface area contributed by atoms with Gasteiger partial charge in [-0.25, -0.2) is 0 Å². The van der Waals surface area contributed by atoms with Crippen LogP contribution in [0.25, 0.3) is 0 Å². The number of hydrogen-bond acceptors (Lipinski definition) is 3. The Labute approximate surface area is 95.0 Å². The minimum Gasteiger partial charge on any atom is -0.482 e. The molecule has 86 valence electrons. The van der Waals surface area contributed by atoms with Gasteiger partial charge in [0.15, 0.2) is 6.61 Å². The Morgan fingerprint density at radius 2 is 2.38 bits per heavy atom. The lowest BCUT2D eigenvalue weighted by Crippen LogP contribution is -2.26. The predicted octanol–water partition coefficient (Wildman–Crippen LogP) is 1.17. The summed E-state index contributed by atoms with van der Waals surface area (Å²) in [5.41, 5.74) is 1.96. The summed E-state index contributed by atoms with van der Waals surface area (Å²) in [5.74, 6) is 0.659. The van der Waals surface area contributed by atoms with Crippen LogP contribution in [0.1, 0.15) is 12.5 Å². The zero-order chi connectivity index (χ0) is 11.5. The van der Waals surface area contributed by atoms with Gasteiger partial charge in [0.25, 0.3) is 5.91 Å². The lowest BCUT2D eigenvalue weighted by Gasteiger charge is -2.19. The van der Waals surface area contributed by atoms with Crippen molar-refractivity contribution in [1.82, 2.24) is 5.32 Å². The van der Waals surface area contributed by atoms with Gasteiger partial charge in [-0.2, -0.15) is 0 Å². The molecule has 2 rings (SSSR count). The summed E-state index contributed by atoms with van der Waals surface area (Å²) < 4.78 is 5.29. The number of carbonyl (C=O) groups excluding carboxylic acids is 1. The van der Waals surface area contributed by atoms with Crippen LogP contribution in [0.2, 0.25) is 0 Å². The number of rotatable bonds is 3. The molecular formula is C12H16N2O2. The number of amides is 1. The van der Waals surface area contributed by atoms with Crippen LogP contribution in [0.15, 0.2) is 18.2 Å². The Hall–Kier alpha value is -1.55. The zero-order valence-electron chi connectivity index (χ0n) is 9.54. The van der Waals surface area contributed by atoms with E-state index < -0.39 is 0 Å². The van der Waals surface area contributed by atoms with Crippen molar-refractivity contribution in [2.24, 2.45) is 0 Å². The highest BCUT2D eigenvalue weighted by molar-refractivity contribution is 5.95. The van der Waals surface area contributed by atoms with Gasteiger partial charge in [-0.3, -0.25) is 4.79 Å². The van der Waals surface area contributed by atoms with Crippen molar-refractivity contribution in [3.8, 4) is 5.75 Å². The first kappa shape index (κ1) is 11.0. The summed E-state index contributed by atoms with van der Waals surface area (Å²) in [7, 11) is 1.94. The first-order valence-corrected chi connectivity index (χ1v) is 5.42. The molecule has 1 aliphatic rings. The lowest BCUT2D eigenvalue weighted by molar-refractivity contribution is -0.118. The van der Waals surface area contributed by atoms with Crippen molar-refractivity contribution >= 4 is 11.6 Å². The standard InChI is InChI=1S/C12H16N2O2/c1-8(13-2)5-9-3-4-11-10(6-9)14-12(15)7-16-11/h3-4,6,8,13H,5,7H2,1-2H3,(H,14,15). The van der Waals surface area contributed by atoms with Crippen molar-refractivity contribution in [3.05, 3.63) is 23.8 Å². The number of carbonyl (C=O) groups is 1. The summed E-state index contributed by atoms with van der Waals surface area (Å²) in [5, 5.41) is 5.99. The molecule has 0 saturated heterocycles. The molecule has 0 fully saturated rings.